The van der Waals surface area contributed by atoms with E-state index in [1.54, 1.807) is 36.9 Å². The molecule has 0 amide bonds. The Morgan fingerprint density at radius 1 is 0.933 bits per heavy atom. The first kappa shape index (κ1) is 21.1. The van der Waals surface area contributed by atoms with Crippen LogP contribution in [0.3, 0.4) is 0 Å². The Balaban J connectivity index is 1.63. The lowest BCUT2D eigenvalue weighted by Crippen LogP contribution is -2.37. The maximum Gasteiger partial charge on any atom is 0.241 e. The lowest BCUT2D eigenvalue weighted by molar-refractivity contribution is 0.146. The van der Waals surface area contributed by atoms with Crippen molar-refractivity contribution in [3.63, 3.8) is 0 Å². The van der Waals surface area contributed by atoms with Gasteiger partial charge in [0.1, 0.15) is 0 Å². The van der Waals surface area contributed by atoms with E-state index in [0.717, 1.165) is 17.7 Å². The molecule has 2 unspecified atom stereocenters. The first-order valence-electron chi connectivity index (χ1n) is 10.00. The molecule has 30 heavy (non-hydrogen) atoms. The summed E-state index contributed by atoms with van der Waals surface area (Å²) in [6.45, 7) is 3.51. The molecular formula is C24H25NO3S2. The predicted molar refractivity (Wildman–Crippen MR) is 120 cm³/mol. The summed E-state index contributed by atoms with van der Waals surface area (Å²) >= 11 is 1.62. The number of aryl methyl sites for hydroxylation is 3. The van der Waals surface area contributed by atoms with Gasteiger partial charge in [-0.1, -0.05) is 66.4 Å². The first-order valence-corrected chi connectivity index (χ1v) is 12.3. The van der Waals surface area contributed by atoms with E-state index in [1.807, 2.05) is 43.3 Å². The number of benzene rings is 3. The molecule has 0 radical (unpaired) electrons. The van der Waals surface area contributed by atoms with Gasteiger partial charge in [0.25, 0.3) is 0 Å². The number of fused-ring (bicyclic) bond motifs is 2. The fraction of sp³-hybridized carbons (Fsp3) is 0.250. The van der Waals surface area contributed by atoms with Gasteiger partial charge in [-0.25, -0.2) is 13.1 Å². The zero-order valence-electron chi connectivity index (χ0n) is 17.0. The van der Waals surface area contributed by atoms with Crippen LogP contribution in [0.4, 0.5) is 0 Å². The third-order valence-corrected chi connectivity index (χ3v) is 8.38. The molecular weight excluding hydrogens is 414 g/mol. The lowest BCUT2D eigenvalue weighted by atomic mass is 10.0. The van der Waals surface area contributed by atoms with Crippen LogP contribution in [0.15, 0.2) is 81.4 Å². The molecule has 0 saturated carbocycles. The van der Waals surface area contributed by atoms with E-state index in [4.69, 9.17) is 0 Å². The van der Waals surface area contributed by atoms with Gasteiger partial charge >= 0.3 is 0 Å². The van der Waals surface area contributed by atoms with Crippen LogP contribution in [-0.2, 0) is 22.9 Å². The maximum atomic E-state index is 13.2. The molecule has 0 fully saturated rings. The highest BCUT2D eigenvalue weighted by Gasteiger charge is 2.26. The molecule has 2 N–H and O–H groups in total. The molecule has 156 valence electrons. The second-order valence-corrected chi connectivity index (χ2v) is 10.5. The Hall–Kier alpha value is -2.12. The van der Waals surface area contributed by atoms with Gasteiger partial charge in [0.2, 0.25) is 10.0 Å². The Bertz CT molecular complexity index is 1160. The number of aliphatic hydroxyl groups excluding tert-OH is 1. The SMILES string of the molecule is Cc1cc2c(cc1S(=O)(=O)NC(C)C(O)c1ccccc1)Sc1ccccc1CC2. The van der Waals surface area contributed by atoms with Crippen molar-refractivity contribution in [2.75, 3.05) is 0 Å². The van der Waals surface area contributed by atoms with Gasteiger partial charge in [-0.2, -0.15) is 0 Å². The molecule has 0 bridgehead atoms. The average Bonchev–Trinajstić information content (AvgIpc) is 2.91. The largest absolute Gasteiger partial charge is 0.387 e. The van der Waals surface area contributed by atoms with E-state index in [9.17, 15) is 13.5 Å². The monoisotopic (exact) mass is 439 g/mol. The van der Waals surface area contributed by atoms with E-state index in [2.05, 4.69) is 16.9 Å². The van der Waals surface area contributed by atoms with Crippen LogP contribution >= 0.6 is 11.8 Å². The summed E-state index contributed by atoms with van der Waals surface area (Å²) < 4.78 is 29.0. The standard InChI is InChI=1S/C24H25NO3S2/c1-16-14-20-13-12-18-8-6-7-11-21(18)29-22(20)15-23(16)30(27,28)25-17(2)24(26)19-9-4-3-5-10-19/h3-11,14-15,17,24-26H,12-13H2,1-2H3. The molecule has 3 aromatic rings. The van der Waals surface area contributed by atoms with Crippen molar-refractivity contribution in [1.29, 1.82) is 0 Å². The van der Waals surface area contributed by atoms with Crippen LogP contribution < -0.4 is 4.72 Å². The number of rotatable bonds is 5. The molecule has 6 heteroatoms. The summed E-state index contributed by atoms with van der Waals surface area (Å²) in [5.41, 5.74) is 3.86. The van der Waals surface area contributed by atoms with Gasteiger partial charge in [0.05, 0.1) is 11.0 Å². The van der Waals surface area contributed by atoms with Gasteiger partial charge in [-0.15, -0.1) is 0 Å². The number of hydrogen-bond acceptors (Lipinski definition) is 4. The molecule has 0 saturated heterocycles. The number of nitrogens with one attached hydrogen (secondary N) is 1. The van der Waals surface area contributed by atoms with E-state index in [-0.39, 0.29) is 4.90 Å². The molecule has 2 atom stereocenters. The quantitative estimate of drug-likeness (QED) is 0.608. The molecule has 0 spiro atoms. The first-order chi connectivity index (χ1) is 14.3. The second-order valence-electron chi connectivity index (χ2n) is 7.70. The summed E-state index contributed by atoms with van der Waals surface area (Å²) in [6.07, 6.45) is 0.903. The molecule has 3 aromatic carbocycles. The number of sulfonamides is 1. The normalized spacial score (nSPS) is 15.6. The van der Waals surface area contributed by atoms with Crippen molar-refractivity contribution in [2.45, 2.75) is 53.5 Å². The van der Waals surface area contributed by atoms with E-state index in [1.165, 1.54) is 16.0 Å². The van der Waals surface area contributed by atoms with Crippen LogP contribution in [0, 0.1) is 6.92 Å². The molecule has 1 heterocycles. The average molecular weight is 440 g/mol. The van der Waals surface area contributed by atoms with Crippen molar-refractivity contribution in [3.05, 3.63) is 89.0 Å². The molecule has 0 aromatic heterocycles. The van der Waals surface area contributed by atoms with Gasteiger partial charge in [-0.05, 0) is 61.1 Å². The molecule has 1 aliphatic heterocycles. The zero-order valence-corrected chi connectivity index (χ0v) is 18.6. The minimum absolute atomic E-state index is 0.264. The fourth-order valence-corrected chi connectivity index (χ4v) is 6.55. The predicted octanol–water partition coefficient (Wildman–Crippen LogP) is 4.65. The smallest absolute Gasteiger partial charge is 0.241 e. The molecule has 0 aliphatic carbocycles. The highest BCUT2D eigenvalue weighted by molar-refractivity contribution is 7.99. The molecule has 1 aliphatic rings. The van der Waals surface area contributed by atoms with Crippen LogP contribution in [-0.4, -0.2) is 19.6 Å². The Morgan fingerprint density at radius 3 is 2.37 bits per heavy atom. The summed E-state index contributed by atoms with van der Waals surface area (Å²) in [4.78, 5) is 2.41. The van der Waals surface area contributed by atoms with Gasteiger partial charge < -0.3 is 5.11 Å². The summed E-state index contributed by atoms with van der Waals surface area (Å²) in [5, 5.41) is 10.6. The Morgan fingerprint density at radius 2 is 1.60 bits per heavy atom. The van der Waals surface area contributed by atoms with E-state index in [0.29, 0.717) is 11.1 Å². The topological polar surface area (TPSA) is 66.4 Å². The van der Waals surface area contributed by atoms with Crippen molar-refractivity contribution in [2.24, 2.45) is 0 Å². The summed E-state index contributed by atoms with van der Waals surface area (Å²) in [6, 6.07) is 20.5. The fourth-order valence-electron chi connectivity index (χ4n) is 3.82. The van der Waals surface area contributed by atoms with E-state index < -0.39 is 22.2 Å². The van der Waals surface area contributed by atoms with E-state index >= 15 is 0 Å². The van der Waals surface area contributed by atoms with Crippen LogP contribution in [0.2, 0.25) is 0 Å². The Labute approximate surface area is 182 Å². The molecule has 4 nitrogen and oxygen atoms in total. The van der Waals surface area contributed by atoms with Crippen molar-refractivity contribution in [3.8, 4) is 0 Å². The maximum absolute atomic E-state index is 13.2. The third-order valence-electron chi connectivity index (χ3n) is 5.46. The van der Waals surface area contributed by atoms with Crippen molar-refractivity contribution < 1.29 is 13.5 Å². The minimum atomic E-state index is -3.79. The van der Waals surface area contributed by atoms with Crippen molar-refractivity contribution >= 4 is 21.8 Å². The second kappa shape index (κ2) is 8.55. The third kappa shape index (κ3) is 4.32. The summed E-state index contributed by atoms with van der Waals surface area (Å²) in [5.74, 6) is 0. The lowest BCUT2D eigenvalue weighted by Gasteiger charge is -2.22. The van der Waals surface area contributed by atoms with Gasteiger partial charge in [-0.3, -0.25) is 0 Å². The van der Waals surface area contributed by atoms with Crippen LogP contribution in [0.1, 0.15) is 35.3 Å². The van der Waals surface area contributed by atoms with Crippen molar-refractivity contribution in [1.82, 2.24) is 4.72 Å². The number of hydrogen-bond donors (Lipinski definition) is 2. The Kier molecular flexibility index (Phi) is 6.02. The highest BCUT2D eigenvalue weighted by Crippen LogP contribution is 2.39. The van der Waals surface area contributed by atoms with Crippen LogP contribution in [0.5, 0.6) is 0 Å². The van der Waals surface area contributed by atoms with Gasteiger partial charge in [0.15, 0.2) is 0 Å². The number of aliphatic hydroxyl groups is 1. The summed E-state index contributed by atoms with van der Waals surface area (Å²) in [7, 11) is -3.79. The zero-order chi connectivity index (χ0) is 21.3. The molecule has 4 rings (SSSR count). The van der Waals surface area contributed by atoms with Gasteiger partial charge in [0, 0.05) is 15.8 Å². The van der Waals surface area contributed by atoms with Crippen LogP contribution in [0.25, 0.3) is 0 Å². The highest BCUT2D eigenvalue weighted by atomic mass is 32.2. The minimum Gasteiger partial charge on any atom is -0.387 e.